The maximum absolute atomic E-state index is 12.3. The molecule has 0 spiro atoms. The maximum atomic E-state index is 12.3. The first-order valence-electron chi connectivity index (χ1n) is 8.89. The van der Waals surface area contributed by atoms with E-state index in [0.717, 1.165) is 34.9 Å². The second-order valence-electron chi connectivity index (χ2n) is 6.35. The number of carbonyl (C=O) groups excluding carboxylic acids is 1. The number of nitrogens with zero attached hydrogens (tertiary/aromatic N) is 1. The van der Waals surface area contributed by atoms with Gasteiger partial charge in [0.25, 0.3) is 5.91 Å². The van der Waals surface area contributed by atoms with E-state index in [-0.39, 0.29) is 5.91 Å². The number of aromatic nitrogens is 1. The quantitative estimate of drug-likeness (QED) is 0.629. The Bertz CT molecular complexity index is 909. The molecule has 0 fully saturated rings. The highest BCUT2D eigenvalue weighted by Crippen LogP contribution is 2.12. The van der Waals surface area contributed by atoms with E-state index >= 15 is 0 Å². The third kappa shape index (κ3) is 5.56. The van der Waals surface area contributed by atoms with Crippen molar-refractivity contribution < 1.29 is 4.79 Å². The minimum absolute atomic E-state index is 0.128. The molecule has 0 saturated heterocycles. The first-order chi connectivity index (χ1) is 13.1. The molecule has 5 heteroatoms. The van der Waals surface area contributed by atoms with Crippen LogP contribution in [0.3, 0.4) is 0 Å². The Hall–Kier alpha value is -2.85. The SMILES string of the molecule is Cc1ccccc1CNC(=O)c1ccc(NCCc2cccc(Cl)c2)nc1. The van der Waals surface area contributed by atoms with Crippen molar-refractivity contribution in [2.24, 2.45) is 0 Å². The third-order valence-electron chi connectivity index (χ3n) is 4.34. The zero-order valence-electron chi connectivity index (χ0n) is 15.2. The molecular formula is C22H22ClN3O. The lowest BCUT2D eigenvalue weighted by molar-refractivity contribution is 0.0950. The molecule has 0 radical (unpaired) electrons. The molecule has 0 atom stereocenters. The fraction of sp³-hybridized carbons (Fsp3) is 0.182. The van der Waals surface area contributed by atoms with Crippen LogP contribution in [0.15, 0.2) is 66.9 Å². The summed E-state index contributed by atoms with van der Waals surface area (Å²) in [5, 5.41) is 6.93. The molecule has 0 unspecified atom stereocenters. The van der Waals surface area contributed by atoms with Gasteiger partial charge in [0.2, 0.25) is 0 Å². The Labute approximate surface area is 164 Å². The molecule has 0 bridgehead atoms. The van der Waals surface area contributed by atoms with Gasteiger partial charge in [-0.2, -0.15) is 0 Å². The number of anilines is 1. The maximum Gasteiger partial charge on any atom is 0.253 e. The normalized spacial score (nSPS) is 10.4. The molecular weight excluding hydrogens is 358 g/mol. The monoisotopic (exact) mass is 379 g/mol. The van der Waals surface area contributed by atoms with E-state index < -0.39 is 0 Å². The molecule has 138 valence electrons. The molecule has 3 rings (SSSR count). The number of amides is 1. The van der Waals surface area contributed by atoms with E-state index in [9.17, 15) is 4.79 Å². The Morgan fingerprint density at radius 1 is 1.07 bits per heavy atom. The number of hydrogen-bond donors (Lipinski definition) is 2. The predicted molar refractivity (Wildman–Crippen MR) is 110 cm³/mol. The largest absolute Gasteiger partial charge is 0.370 e. The lowest BCUT2D eigenvalue weighted by Gasteiger charge is -2.09. The second-order valence-corrected chi connectivity index (χ2v) is 6.78. The molecule has 1 aromatic heterocycles. The zero-order chi connectivity index (χ0) is 19.1. The van der Waals surface area contributed by atoms with E-state index in [1.54, 1.807) is 12.3 Å². The molecule has 3 aromatic rings. The van der Waals surface area contributed by atoms with Gasteiger partial charge < -0.3 is 10.6 Å². The van der Waals surface area contributed by atoms with E-state index in [2.05, 4.69) is 15.6 Å². The Balaban J connectivity index is 1.49. The van der Waals surface area contributed by atoms with Gasteiger partial charge in [-0.15, -0.1) is 0 Å². The van der Waals surface area contributed by atoms with Gasteiger partial charge in [0, 0.05) is 24.3 Å². The van der Waals surface area contributed by atoms with Crippen LogP contribution in [-0.2, 0) is 13.0 Å². The molecule has 0 saturated carbocycles. The van der Waals surface area contributed by atoms with Gasteiger partial charge in [0.1, 0.15) is 5.82 Å². The van der Waals surface area contributed by atoms with Gasteiger partial charge in [-0.3, -0.25) is 4.79 Å². The first-order valence-corrected chi connectivity index (χ1v) is 9.27. The van der Waals surface area contributed by atoms with Gasteiger partial charge in [-0.05, 0) is 54.3 Å². The van der Waals surface area contributed by atoms with Gasteiger partial charge in [0.05, 0.1) is 5.56 Å². The van der Waals surface area contributed by atoms with Crippen molar-refractivity contribution in [3.8, 4) is 0 Å². The highest BCUT2D eigenvalue weighted by atomic mass is 35.5. The Morgan fingerprint density at radius 2 is 1.93 bits per heavy atom. The summed E-state index contributed by atoms with van der Waals surface area (Å²) in [5.41, 5.74) is 3.99. The summed E-state index contributed by atoms with van der Waals surface area (Å²) in [6, 6.07) is 19.4. The molecule has 27 heavy (non-hydrogen) atoms. The molecule has 1 heterocycles. The lowest BCUT2D eigenvalue weighted by atomic mass is 10.1. The second kappa shape index (κ2) is 9.19. The zero-order valence-corrected chi connectivity index (χ0v) is 16.0. The molecule has 1 amide bonds. The summed E-state index contributed by atoms with van der Waals surface area (Å²) in [7, 11) is 0. The van der Waals surface area contributed by atoms with Crippen LogP contribution in [0.4, 0.5) is 5.82 Å². The summed E-state index contributed by atoms with van der Waals surface area (Å²) < 4.78 is 0. The van der Waals surface area contributed by atoms with Crippen molar-refractivity contribution in [1.29, 1.82) is 0 Å². The number of rotatable bonds is 7. The van der Waals surface area contributed by atoms with Crippen LogP contribution in [0.25, 0.3) is 0 Å². The molecule has 2 aromatic carbocycles. The highest BCUT2D eigenvalue weighted by molar-refractivity contribution is 6.30. The van der Waals surface area contributed by atoms with Crippen LogP contribution in [0.1, 0.15) is 27.0 Å². The standard InChI is InChI=1S/C22H22ClN3O/c1-16-5-2-3-7-18(16)14-26-22(27)19-9-10-21(25-15-19)24-12-11-17-6-4-8-20(23)13-17/h2-10,13,15H,11-12,14H2,1H3,(H,24,25)(H,26,27). The summed E-state index contributed by atoms with van der Waals surface area (Å²) >= 11 is 5.99. The summed E-state index contributed by atoms with van der Waals surface area (Å²) in [5.74, 6) is 0.615. The van der Waals surface area contributed by atoms with Crippen molar-refractivity contribution in [3.05, 3.63) is 94.1 Å². The van der Waals surface area contributed by atoms with Crippen LogP contribution < -0.4 is 10.6 Å². The average molecular weight is 380 g/mol. The minimum atomic E-state index is -0.128. The van der Waals surface area contributed by atoms with Crippen LogP contribution in [0.2, 0.25) is 5.02 Å². The topological polar surface area (TPSA) is 54.0 Å². The van der Waals surface area contributed by atoms with E-state index in [4.69, 9.17) is 11.6 Å². The fourth-order valence-corrected chi connectivity index (χ4v) is 2.96. The van der Waals surface area contributed by atoms with Gasteiger partial charge in [-0.1, -0.05) is 48.0 Å². The average Bonchev–Trinajstić information content (AvgIpc) is 2.68. The number of nitrogens with one attached hydrogen (secondary N) is 2. The summed E-state index contributed by atoms with van der Waals surface area (Å²) in [6.45, 7) is 3.28. The number of halogens is 1. The predicted octanol–water partition coefficient (Wildman–Crippen LogP) is 4.63. The number of aryl methyl sites for hydroxylation is 1. The van der Waals surface area contributed by atoms with Crippen LogP contribution in [0.5, 0.6) is 0 Å². The number of pyridine rings is 1. The van der Waals surface area contributed by atoms with Gasteiger partial charge >= 0.3 is 0 Å². The molecule has 2 N–H and O–H groups in total. The van der Waals surface area contributed by atoms with Crippen LogP contribution >= 0.6 is 11.6 Å². The van der Waals surface area contributed by atoms with Crippen molar-refractivity contribution in [2.75, 3.05) is 11.9 Å². The third-order valence-corrected chi connectivity index (χ3v) is 4.57. The van der Waals surface area contributed by atoms with Crippen molar-refractivity contribution in [1.82, 2.24) is 10.3 Å². The smallest absolute Gasteiger partial charge is 0.253 e. The highest BCUT2D eigenvalue weighted by Gasteiger charge is 2.07. The van der Waals surface area contributed by atoms with E-state index in [0.29, 0.717) is 12.1 Å². The van der Waals surface area contributed by atoms with E-state index in [1.807, 2.05) is 61.5 Å². The Kier molecular flexibility index (Phi) is 6.44. The Morgan fingerprint density at radius 3 is 2.67 bits per heavy atom. The fourth-order valence-electron chi connectivity index (χ4n) is 2.75. The summed E-state index contributed by atoms with van der Waals surface area (Å²) in [6.07, 6.45) is 2.44. The van der Waals surface area contributed by atoms with Crippen molar-refractivity contribution in [2.45, 2.75) is 19.9 Å². The molecule has 0 aliphatic rings. The van der Waals surface area contributed by atoms with Gasteiger partial charge in [-0.25, -0.2) is 4.98 Å². The van der Waals surface area contributed by atoms with Crippen LogP contribution in [0, 0.1) is 6.92 Å². The summed E-state index contributed by atoms with van der Waals surface area (Å²) in [4.78, 5) is 16.6. The van der Waals surface area contributed by atoms with E-state index in [1.165, 1.54) is 5.56 Å². The van der Waals surface area contributed by atoms with Gasteiger partial charge in [0.15, 0.2) is 0 Å². The first kappa shape index (κ1) is 18.9. The lowest BCUT2D eigenvalue weighted by Crippen LogP contribution is -2.23. The number of benzene rings is 2. The minimum Gasteiger partial charge on any atom is -0.370 e. The van der Waals surface area contributed by atoms with Crippen molar-refractivity contribution >= 4 is 23.3 Å². The van der Waals surface area contributed by atoms with Crippen molar-refractivity contribution in [3.63, 3.8) is 0 Å². The number of carbonyl (C=O) groups is 1. The number of hydrogen-bond acceptors (Lipinski definition) is 3. The van der Waals surface area contributed by atoms with Crippen LogP contribution in [-0.4, -0.2) is 17.4 Å². The molecule has 0 aliphatic carbocycles. The molecule has 0 aliphatic heterocycles. The molecule has 4 nitrogen and oxygen atoms in total.